The van der Waals surface area contributed by atoms with Crippen LogP contribution in [0.1, 0.15) is 35.6 Å². The summed E-state index contributed by atoms with van der Waals surface area (Å²) in [6.45, 7) is 0. The van der Waals surface area contributed by atoms with Crippen molar-refractivity contribution >= 4 is 23.2 Å². The lowest BCUT2D eigenvalue weighted by Gasteiger charge is -2.39. The van der Waals surface area contributed by atoms with Crippen molar-refractivity contribution in [2.24, 2.45) is 5.73 Å². The molecule has 116 valence electrons. The summed E-state index contributed by atoms with van der Waals surface area (Å²) in [7, 11) is 1.51. The van der Waals surface area contributed by atoms with E-state index in [-0.39, 0.29) is 6.04 Å². The summed E-state index contributed by atoms with van der Waals surface area (Å²) in [4.78, 5) is 10.9. The smallest absolute Gasteiger partial charge is 0.154 e. The third-order valence-corrected chi connectivity index (χ3v) is 4.95. The summed E-state index contributed by atoms with van der Waals surface area (Å²) in [6.07, 6.45) is 1.50. The van der Waals surface area contributed by atoms with Gasteiger partial charge in [-0.05, 0) is 41.7 Å². The molecule has 3 nitrogen and oxygen atoms in total. The van der Waals surface area contributed by atoms with Crippen molar-refractivity contribution in [3.05, 3.63) is 69.2 Å². The Morgan fingerprint density at radius 1 is 1.14 bits per heavy atom. The molecule has 0 radical (unpaired) electrons. The van der Waals surface area contributed by atoms with Crippen molar-refractivity contribution in [3.63, 3.8) is 0 Å². The Hall–Kier alpha value is -1.10. The van der Waals surface area contributed by atoms with Gasteiger partial charge in [0.25, 0.3) is 0 Å². The van der Waals surface area contributed by atoms with E-state index in [1.165, 1.54) is 7.11 Å². The third kappa shape index (κ3) is 2.53. The Balaban J connectivity index is 2.21. The second-order valence-corrected chi connectivity index (χ2v) is 6.25. The number of benzene rings is 2. The Morgan fingerprint density at radius 2 is 1.91 bits per heavy atom. The molecule has 2 aromatic carbocycles. The van der Waals surface area contributed by atoms with Crippen molar-refractivity contribution in [1.29, 1.82) is 0 Å². The van der Waals surface area contributed by atoms with Gasteiger partial charge < -0.3 is 5.73 Å². The first-order valence-corrected chi connectivity index (χ1v) is 7.86. The molecular formula is C17H17Cl2NO2. The molecule has 22 heavy (non-hydrogen) atoms. The summed E-state index contributed by atoms with van der Waals surface area (Å²) in [5, 5.41) is 1.00. The number of fused-ring (bicyclic) bond motifs is 1. The highest BCUT2D eigenvalue weighted by atomic mass is 35.5. The fourth-order valence-electron chi connectivity index (χ4n) is 3.16. The predicted molar refractivity (Wildman–Crippen MR) is 87.9 cm³/mol. The number of hydrogen-bond donors (Lipinski definition) is 1. The molecule has 0 amide bonds. The second-order valence-electron chi connectivity index (χ2n) is 5.44. The van der Waals surface area contributed by atoms with Crippen LogP contribution < -0.4 is 5.73 Å². The molecule has 0 saturated heterocycles. The van der Waals surface area contributed by atoms with E-state index in [1.54, 1.807) is 6.07 Å². The van der Waals surface area contributed by atoms with Crippen LogP contribution in [0.4, 0.5) is 0 Å². The lowest BCUT2D eigenvalue weighted by Crippen LogP contribution is -2.38. The maximum atomic E-state index is 6.25. The zero-order chi connectivity index (χ0) is 15.7. The molecule has 0 heterocycles. The van der Waals surface area contributed by atoms with Crippen LogP contribution >= 0.6 is 23.2 Å². The van der Waals surface area contributed by atoms with E-state index in [4.69, 9.17) is 38.7 Å². The molecule has 2 aromatic rings. The molecule has 0 saturated carbocycles. The lowest BCUT2D eigenvalue weighted by atomic mass is 9.73. The first-order valence-electron chi connectivity index (χ1n) is 7.11. The normalized spacial score (nSPS) is 24.1. The van der Waals surface area contributed by atoms with E-state index in [9.17, 15) is 0 Å². The maximum absolute atomic E-state index is 6.25. The number of halogens is 2. The van der Waals surface area contributed by atoms with Crippen LogP contribution in [0.5, 0.6) is 0 Å². The highest BCUT2D eigenvalue weighted by molar-refractivity contribution is 6.42. The van der Waals surface area contributed by atoms with Crippen LogP contribution in [-0.2, 0) is 15.4 Å². The summed E-state index contributed by atoms with van der Waals surface area (Å²) < 4.78 is 0. The van der Waals surface area contributed by atoms with Gasteiger partial charge in [0.05, 0.1) is 17.2 Å². The van der Waals surface area contributed by atoms with Crippen molar-refractivity contribution in [2.45, 2.75) is 24.5 Å². The monoisotopic (exact) mass is 337 g/mol. The largest absolute Gasteiger partial charge is 0.324 e. The third-order valence-electron chi connectivity index (χ3n) is 4.21. The summed E-state index contributed by atoms with van der Waals surface area (Å²) in [6, 6.07) is 13.5. The molecule has 0 bridgehead atoms. The average Bonchev–Trinajstić information content (AvgIpc) is 2.53. The van der Waals surface area contributed by atoms with E-state index in [0.29, 0.717) is 16.5 Å². The second kappa shape index (κ2) is 6.19. The minimum absolute atomic E-state index is 0.00690. The van der Waals surface area contributed by atoms with Gasteiger partial charge >= 0.3 is 0 Å². The molecule has 0 aromatic heterocycles. The molecule has 1 aliphatic carbocycles. The number of rotatable bonds is 3. The van der Waals surface area contributed by atoms with Crippen LogP contribution in [0.3, 0.4) is 0 Å². The number of nitrogens with two attached hydrogens (primary N) is 1. The topological polar surface area (TPSA) is 44.5 Å². The highest BCUT2D eigenvalue weighted by Crippen LogP contribution is 2.47. The van der Waals surface area contributed by atoms with Crippen LogP contribution in [0, 0.1) is 0 Å². The van der Waals surface area contributed by atoms with E-state index in [2.05, 4.69) is 0 Å². The van der Waals surface area contributed by atoms with Gasteiger partial charge in [0.2, 0.25) is 0 Å². The predicted octanol–water partition coefficient (Wildman–Crippen LogP) is 4.61. The Bertz CT molecular complexity index is 692. The molecule has 0 spiro atoms. The van der Waals surface area contributed by atoms with Crippen LogP contribution in [-0.4, -0.2) is 7.11 Å². The van der Waals surface area contributed by atoms with Crippen LogP contribution in [0.2, 0.25) is 10.0 Å². The minimum atomic E-state index is -0.727. The van der Waals surface area contributed by atoms with Gasteiger partial charge in [-0.25, -0.2) is 9.78 Å². The Morgan fingerprint density at radius 3 is 2.64 bits per heavy atom. The molecule has 1 unspecified atom stereocenters. The van der Waals surface area contributed by atoms with Gasteiger partial charge in [-0.1, -0.05) is 53.5 Å². The minimum Gasteiger partial charge on any atom is -0.324 e. The van der Waals surface area contributed by atoms with Gasteiger partial charge in [-0.15, -0.1) is 0 Å². The Kier molecular flexibility index (Phi) is 4.44. The van der Waals surface area contributed by atoms with Gasteiger partial charge in [-0.3, -0.25) is 0 Å². The summed E-state index contributed by atoms with van der Waals surface area (Å²) in [5.41, 5.74) is 8.51. The average molecular weight is 338 g/mol. The molecular weight excluding hydrogens is 321 g/mol. The van der Waals surface area contributed by atoms with E-state index in [1.807, 2.05) is 36.4 Å². The first kappa shape index (κ1) is 15.8. The Labute approximate surface area is 139 Å². The fourth-order valence-corrected chi connectivity index (χ4v) is 3.46. The van der Waals surface area contributed by atoms with Crippen molar-refractivity contribution in [1.82, 2.24) is 0 Å². The van der Waals surface area contributed by atoms with Gasteiger partial charge in [0.15, 0.2) is 5.60 Å². The van der Waals surface area contributed by atoms with Crippen molar-refractivity contribution < 1.29 is 9.78 Å². The van der Waals surface area contributed by atoms with E-state index >= 15 is 0 Å². The van der Waals surface area contributed by atoms with Crippen LogP contribution in [0.15, 0.2) is 42.5 Å². The van der Waals surface area contributed by atoms with E-state index in [0.717, 1.165) is 23.1 Å². The number of hydrogen-bond acceptors (Lipinski definition) is 3. The summed E-state index contributed by atoms with van der Waals surface area (Å²) >= 11 is 12.2. The molecule has 0 fully saturated rings. The van der Waals surface area contributed by atoms with Gasteiger partial charge in [-0.2, -0.15) is 0 Å². The van der Waals surface area contributed by atoms with E-state index < -0.39 is 5.60 Å². The fraction of sp³-hybridized carbons (Fsp3) is 0.294. The molecule has 5 heteroatoms. The molecule has 0 aliphatic heterocycles. The maximum Gasteiger partial charge on any atom is 0.154 e. The molecule has 3 rings (SSSR count). The standard InChI is InChI=1S/C17H17Cl2NO2/c1-21-22-17(11-6-7-14(18)15(19)10-11)9-8-16(20)12-4-2-3-5-13(12)17/h2-7,10,16H,8-9,20H2,1H3/t16-,17?/m1/s1. The molecule has 2 N–H and O–H groups in total. The lowest BCUT2D eigenvalue weighted by molar-refractivity contribution is -0.341. The van der Waals surface area contributed by atoms with Crippen LogP contribution in [0.25, 0.3) is 0 Å². The van der Waals surface area contributed by atoms with Gasteiger partial charge in [0, 0.05) is 6.04 Å². The van der Waals surface area contributed by atoms with Crippen molar-refractivity contribution in [2.75, 3.05) is 7.11 Å². The zero-order valence-electron chi connectivity index (χ0n) is 12.2. The summed E-state index contributed by atoms with van der Waals surface area (Å²) in [5.74, 6) is 0. The quantitative estimate of drug-likeness (QED) is 0.657. The SMILES string of the molecule is COOC1(c2ccc(Cl)c(Cl)c2)CC[C@@H](N)c2ccccc21. The molecule has 2 atom stereocenters. The highest BCUT2D eigenvalue weighted by Gasteiger charge is 2.43. The van der Waals surface area contributed by atoms with Gasteiger partial charge in [0.1, 0.15) is 0 Å². The van der Waals surface area contributed by atoms with Crippen molar-refractivity contribution in [3.8, 4) is 0 Å². The first-order chi connectivity index (χ1) is 10.6. The zero-order valence-corrected chi connectivity index (χ0v) is 13.7. The molecule has 1 aliphatic rings.